The van der Waals surface area contributed by atoms with Crippen LogP contribution in [0.5, 0.6) is 11.5 Å². The van der Waals surface area contributed by atoms with Gasteiger partial charge in [-0.15, -0.1) is 0 Å². The molecule has 2 aromatic carbocycles. The van der Waals surface area contributed by atoms with Crippen LogP contribution in [0.15, 0.2) is 41.3 Å². The summed E-state index contributed by atoms with van der Waals surface area (Å²) in [5, 5.41) is 2.85. The fourth-order valence-electron chi connectivity index (χ4n) is 3.96. The normalized spacial score (nSPS) is 18.7. The van der Waals surface area contributed by atoms with Crippen LogP contribution in [0.1, 0.15) is 36.5 Å². The lowest BCUT2D eigenvalue weighted by atomic mass is 10.1. The molecule has 2 fully saturated rings. The Kier molecular flexibility index (Phi) is 8.66. The highest BCUT2D eigenvalue weighted by atomic mass is 32.2. The molecule has 0 spiro atoms. The molecule has 1 atom stereocenters. The average molecular weight is 527 g/mol. The minimum Gasteiger partial charge on any atom is -0.490 e. The van der Waals surface area contributed by atoms with Crippen molar-refractivity contribution in [2.75, 3.05) is 31.7 Å². The van der Waals surface area contributed by atoms with Gasteiger partial charge in [-0.1, -0.05) is 36.1 Å². The van der Waals surface area contributed by atoms with Crippen molar-refractivity contribution in [1.82, 2.24) is 4.90 Å². The molecule has 0 saturated carbocycles. The molecule has 36 heavy (non-hydrogen) atoms. The quantitative estimate of drug-likeness (QED) is 0.360. The van der Waals surface area contributed by atoms with Crippen LogP contribution >= 0.6 is 24.0 Å². The number of nitrogens with zero attached hydrogens (tertiary/aromatic N) is 1. The Morgan fingerprint density at radius 3 is 2.75 bits per heavy atom. The zero-order chi connectivity index (χ0) is 25.7. The molecule has 2 aromatic rings. The number of carbonyl (C=O) groups excluding carboxylic acids is 2. The minimum absolute atomic E-state index is 0.0417. The first-order valence-corrected chi connectivity index (χ1v) is 13.2. The Hall–Kier alpha value is -2.88. The number of ether oxygens (including phenoxy) is 3. The van der Waals surface area contributed by atoms with Crippen molar-refractivity contribution in [3.8, 4) is 11.5 Å². The van der Waals surface area contributed by atoms with E-state index in [1.807, 2.05) is 45.0 Å². The average Bonchev–Trinajstić information content (AvgIpc) is 3.45. The van der Waals surface area contributed by atoms with Gasteiger partial charge in [-0.05, 0) is 80.6 Å². The van der Waals surface area contributed by atoms with Crippen LogP contribution in [-0.2, 0) is 14.3 Å². The van der Waals surface area contributed by atoms with Gasteiger partial charge in [-0.2, -0.15) is 0 Å². The van der Waals surface area contributed by atoms with E-state index in [-0.39, 0.29) is 24.5 Å². The molecule has 1 N–H and O–H groups in total. The van der Waals surface area contributed by atoms with Crippen LogP contribution in [0, 0.1) is 13.8 Å². The molecule has 0 unspecified atom stereocenters. The van der Waals surface area contributed by atoms with Gasteiger partial charge in [0.15, 0.2) is 18.1 Å². The predicted octanol–water partition coefficient (Wildman–Crippen LogP) is 5.10. The van der Waals surface area contributed by atoms with Crippen molar-refractivity contribution in [3.63, 3.8) is 0 Å². The van der Waals surface area contributed by atoms with E-state index in [1.54, 1.807) is 23.1 Å². The Bertz CT molecular complexity index is 1190. The van der Waals surface area contributed by atoms with Gasteiger partial charge >= 0.3 is 0 Å². The number of anilines is 1. The third kappa shape index (κ3) is 6.46. The number of thioether (sulfide) groups is 1. The molecule has 190 valence electrons. The Labute approximate surface area is 221 Å². The molecular weight excluding hydrogens is 496 g/mol. The standard InChI is InChI=1S/C27H30N2O5S2/c1-4-32-23-13-19(14-24-26(31)29(27(35)36-24)15-21-6-5-11-33-21)8-10-22(23)34-16-25(30)28-20-9-7-17(2)18(3)12-20/h7-10,12-14,21H,4-6,11,15-16H2,1-3H3,(H,28,30)/b24-14-/t21-/m0/s1. The molecule has 0 aromatic heterocycles. The Morgan fingerprint density at radius 2 is 2.03 bits per heavy atom. The van der Waals surface area contributed by atoms with E-state index in [4.69, 9.17) is 26.4 Å². The van der Waals surface area contributed by atoms with Crippen molar-refractivity contribution in [3.05, 3.63) is 58.0 Å². The molecule has 9 heteroatoms. The minimum atomic E-state index is -0.264. The second-order valence-corrected chi connectivity index (χ2v) is 10.4. The van der Waals surface area contributed by atoms with Gasteiger partial charge < -0.3 is 19.5 Å². The number of hydrogen-bond acceptors (Lipinski definition) is 7. The third-order valence-corrected chi connectivity index (χ3v) is 7.38. The summed E-state index contributed by atoms with van der Waals surface area (Å²) in [6.07, 6.45) is 3.79. The van der Waals surface area contributed by atoms with Crippen molar-refractivity contribution < 1.29 is 23.8 Å². The maximum absolute atomic E-state index is 12.9. The number of amides is 2. The van der Waals surface area contributed by atoms with E-state index in [0.717, 1.165) is 41.8 Å². The smallest absolute Gasteiger partial charge is 0.266 e. The second-order valence-electron chi connectivity index (χ2n) is 8.70. The molecule has 4 rings (SSSR count). The van der Waals surface area contributed by atoms with Crippen LogP contribution < -0.4 is 14.8 Å². The summed E-state index contributed by atoms with van der Waals surface area (Å²) in [6, 6.07) is 11.1. The summed E-state index contributed by atoms with van der Waals surface area (Å²) in [5.74, 6) is 0.580. The SMILES string of the molecule is CCOc1cc(/C=C2\SC(=S)N(C[C@@H]3CCCO3)C2=O)ccc1OCC(=O)Nc1ccc(C)c(C)c1. The summed E-state index contributed by atoms with van der Waals surface area (Å²) in [5.41, 5.74) is 3.77. The van der Waals surface area contributed by atoms with E-state index in [0.29, 0.717) is 33.9 Å². The highest BCUT2D eigenvalue weighted by molar-refractivity contribution is 8.26. The van der Waals surface area contributed by atoms with Gasteiger partial charge in [0.25, 0.3) is 11.8 Å². The van der Waals surface area contributed by atoms with Crippen molar-refractivity contribution >= 4 is 51.9 Å². The second kappa shape index (κ2) is 11.9. The number of benzene rings is 2. The highest BCUT2D eigenvalue weighted by Gasteiger charge is 2.34. The summed E-state index contributed by atoms with van der Waals surface area (Å²) in [4.78, 5) is 27.5. The first kappa shape index (κ1) is 26.2. The molecule has 0 aliphatic carbocycles. The number of carbonyl (C=O) groups is 2. The summed E-state index contributed by atoms with van der Waals surface area (Å²) < 4.78 is 17.7. The van der Waals surface area contributed by atoms with E-state index >= 15 is 0 Å². The first-order chi connectivity index (χ1) is 17.3. The number of hydrogen-bond donors (Lipinski definition) is 1. The van der Waals surface area contributed by atoms with Gasteiger partial charge in [-0.25, -0.2) is 0 Å². The number of rotatable bonds is 9. The van der Waals surface area contributed by atoms with Gasteiger partial charge in [0.1, 0.15) is 4.32 Å². The summed E-state index contributed by atoms with van der Waals surface area (Å²) in [6.45, 7) is 7.39. The van der Waals surface area contributed by atoms with Gasteiger partial charge in [0, 0.05) is 12.3 Å². The van der Waals surface area contributed by atoms with Gasteiger partial charge in [0.2, 0.25) is 0 Å². The molecule has 2 aliphatic heterocycles. The Morgan fingerprint density at radius 1 is 1.19 bits per heavy atom. The highest BCUT2D eigenvalue weighted by Crippen LogP contribution is 2.35. The van der Waals surface area contributed by atoms with Crippen LogP contribution in [0.25, 0.3) is 6.08 Å². The molecule has 0 bridgehead atoms. The molecule has 2 heterocycles. The number of nitrogens with one attached hydrogen (secondary N) is 1. The number of thiocarbonyl (C=S) groups is 1. The van der Waals surface area contributed by atoms with Gasteiger partial charge in [0.05, 0.1) is 24.2 Å². The lowest BCUT2D eigenvalue weighted by molar-refractivity contribution is -0.123. The van der Waals surface area contributed by atoms with Crippen LogP contribution in [0.4, 0.5) is 5.69 Å². The fourth-order valence-corrected chi connectivity index (χ4v) is 5.24. The first-order valence-electron chi connectivity index (χ1n) is 12.0. The van der Waals surface area contributed by atoms with E-state index in [2.05, 4.69) is 5.32 Å². The fraction of sp³-hybridized carbons (Fsp3) is 0.370. The monoisotopic (exact) mass is 526 g/mol. The van der Waals surface area contributed by atoms with Gasteiger partial charge in [-0.3, -0.25) is 14.5 Å². The molecular formula is C27H30N2O5S2. The maximum Gasteiger partial charge on any atom is 0.266 e. The van der Waals surface area contributed by atoms with Crippen LogP contribution in [-0.4, -0.2) is 53.5 Å². The third-order valence-electron chi connectivity index (χ3n) is 6.00. The predicted molar refractivity (Wildman–Crippen MR) is 147 cm³/mol. The van der Waals surface area contributed by atoms with Crippen molar-refractivity contribution in [2.45, 2.75) is 39.7 Å². The maximum atomic E-state index is 12.9. The molecule has 2 amide bonds. The summed E-state index contributed by atoms with van der Waals surface area (Å²) in [7, 11) is 0. The van der Waals surface area contributed by atoms with Crippen molar-refractivity contribution in [2.24, 2.45) is 0 Å². The molecule has 2 saturated heterocycles. The van der Waals surface area contributed by atoms with E-state index in [9.17, 15) is 9.59 Å². The Balaban J connectivity index is 1.41. The van der Waals surface area contributed by atoms with Crippen molar-refractivity contribution in [1.29, 1.82) is 0 Å². The molecule has 2 aliphatic rings. The lowest BCUT2D eigenvalue weighted by Crippen LogP contribution is -2.35. The zero-order valence-corrected chi connectivity index (χ0v) is 22.3. The largest absolute Gasteiger partial charge is 0.490 e. The van der Waals surface area contributed by atoms with E-state index < -0.39 is 0 Å². The van der Waals surface area contributed by atoms with Crippen LogP contribution in [0.2, 0.25) is 0 Å². The molecule has 0 radical (unpaired) electrons. The zero-order valence-electron chi connectivity index (χ0n) is 20.7. The number of aryl methyl sites for hydroxylation is 2. The molecule has 7 nitrogen and oxygen atoms in total. The van der Waals surface area contributed by atoms with Crippen LogP contribution in [0.3, 0.4) is 0 Å². The lowest BCUT2D eigenvalue weighted by Gasteiger charge is -2.18. The van der Waals surface area contributed by atoms with E-state index in [1.165, 1.54) is 11.8 Å². The topological polar surface area (TPSA) is 77.1 Å². The summed E-state index contributed by atoms with van der Waals surface area (Å²) >= 11 is 6.73.